The van der Waals surface area contributed by atoms with Gasteiger partial charge in [0.1, 0.15) is 11.9 Å². The van der Waals surface area contributed by atoms with E-state index < -0.39 is 0 Å². The van der Waals surface area contributed by atoms with E-state index >= 15 is 0 Å². The monoisotopic (exact) mass is 721 g/mol. The first-order chi connectivity index (χ1) is 23.9. The number of hydrogen-bond acceptors (Lipinski definition) is 9. The molecule has 1 aliphatic heterocycles. The van der Waals surface area contributed by atoms with Gasteiger partial charge in [-0.25, -0.2) is 0 Å². The summed E-state index contributed by atoms with van der Waals surface area (Å²) in [6.07, 6.45) is 19.5. The Morgan fingerprint density at radius 1 is 0.755 bits per heavy atom. The van der Waals surface area contributed by atoms with Gasteiger partial charge in [-0.1, -0.05) is 106 Å². The molecule has 0 aliphatic carbocycles. The Kier molecular flexibility index (Phi) is 25.7. The van der Waals surface area contributed by atoms with Crippen LogP contribution in [0.15, 0.2) is 24.3 Å². The molecule has 1 atom stereocenters. The zero-order valence-corrected chi connectivity index (χ0v) is 32.7. The second kappa shape index (κ2) is 28.9. The molecule has 2 rings (SSSR count). The van der Waals surface area contributed by atoms with E-state index in [4.69, 9.17) is 14.2 Å². The summed E-state index contributed by atoms with van der Waals surface area (Å²) in [6.45, 7) is 10.5. The van der Waals surface area contributed by atoms with Crippen LogP contribution in [0.2, 0.25) is 0 Å². The third-order valence-corrected chi connectivity index (χ3v) is 11.8. The molecule has 1 aromatic carbocycles. The summed E-state index contributed by atoms with van der Waals surface area (Å²) < 4.78 is 16.7. The van der Waals surface area contributed by atoms with Gasteiger partial charge in [0, 0.05) is 30.9 Å². The minimum absolute atomic E-state index is 0.0549. The van der Waals surface area contributed by atoms with Crippen molar-refractivity contribution in [2.75, 3.05) is 37.7 Å². The SMILES string of the molecule is CCCCCCCCC(CC)OC(=O)CCCCCCCC(=O)Oc1ccc(CC(=O)OCCC2CCN(CCSSCCC)CC2)cc1. The summed E-state index contributed by atoms with van der Waals surface area (Å²) in [7, 11) is 3.97. The highest BCUT2D eigenvalue weighted by atomic mass is 33.1. The van der Waals surface area contributed by atoms with E-state index in [2.05, 4.69) is 25.7 Å². The Balaban J connectivity index is 1.46. The topological polar surface area (TPSA) is 82.1 Å². The number of ether oxygens (including phenoxy) is 3. The highest BCUT2D eigenvalue weighted by Crippen LogP contribution is 2.24. The van der Waals surface area contributed by atoms with Gasteiger partial charge in [0.2, 0.25) is 0 Å². The summed E-state index contributed by atoms with van der Waals surface area (Å²) >= 11 is 0. The summed E-state index contributed by atoms with van der Waals surface area (Å²) in [5.74, 6) is 3.01. The van der Waals surface area contributed by atoms with Crippen molar-refractivity contribution >= 4 is 39.5 Å². The molecule has 0 radical (unpaired) electrons. The molecular weight excluding hydrogens is 655 g/mol. The zero-order chi connectivity index (χ0) is 35.4. The summed E-state index contributed by atoms with van der Waals surface area (Å²) in [5.41, 5.74) is 0.847. The lowest BCUT2D eigenvalue weighted by atomic mass is 9.94. The lowest BCUT2D eigenvalue weighted by Gasteiger charge is -2.31. The van der Waals surface area contributed by atoms with Crippen LogP contribution < -0.4 is 4.74 Å². The number of nitrogens with zero attached hydrogens (tertiary/aromatic N) is 1. The predicted octanol–water partition coefficient (Wildman–Crippen LogP) is 10.4. The lowest BCUT2D eigenvalue weighted by Crippen LogP contribution is -2.35. The maximum Gasteiger partial charge on any atom is 0.311 e. The molecule has 0 bridgehead atoms. The second-order valence-corrected chi connectivity index (χ2v) is 16.3. The number of likely N-dealkylation sites (tertiary alicyclic amines) is 1. The van der Waals surface area contributed by atoms with E-state index in [-0.39, 0.29) is 30.4 Å². The van der Waals surface area contributed by atoms with Crippen molar-refractivity contribution in [1.29, 1.82) is 0 Å². The fourth-order valence-corrected chi connectivity index (χ4v) is 8.26. The molecule has 1 heterocycles. The molecule has 1 unspecified atom stereocenters. The summed E-state index contributed by atoms with van der Waals surface area (Å²) in [4.78, 5) is 39.5. The van der Waals surface area contributed by atoms with Gasteiger partial charge >= 0.3 is 17.9 Å². The molecule has 0 spiro atoms. The van der Waals surface area contributed by atoms with Crippen LogP contribution >= 0.6 is 21.6 Å². The quantitative estimate of drug-likeness (QED) is 0.0347. The van der Waals surface area contributed by atoms with Crippen LogP contribution in [0, 0.1) is 5.92 Å². The highest BCUT2D eigenvalue weighted by Gasteiger charge is 2.19. The largest absolute Gasteiger partial charge is 0.465 e. The molecule has 9 heteroatoms. The fourth-order valence-electron chi connectivity index (χ4n) is 6.09. The normalized spacial score (nSPS) is 14.4. The minimum atomic E-state index is -0.248. The molecular formula is C40H67NO6S2. The standard InChI is InChI=1S/C40H67NO6S2/c1-4-7-8-9-11-14-17-36(6-3)46-38(42)18-15-12-10-13-16-19-39(43)47-37-22-20-35(21-23-37)33-40(44)45-30-26-34-24-27-41(28-25-34)29-32-49-48-31-5-2/h20-23,34,36H,4-19,24-33H2,1-3H3. The zero-order valence-electron chi connectivity index (χ0n) is 31.1. The van der Waals surface area contributed by atoms with Crippen LogP contribution in [0.4, 0.5) is 0 Å². The van der Waals surface area contributed by atoms with Gasteiger partial charge < -0.3 is 19.1 Å². The summed E-state index contributed by atoms with van der Waals surface area (Å²) in [6, 6.07) is 7.12. The van der Waals surface area contributed by atoms with Crippen molar-refractivity contribution in [2.45, 2.75) is 155 Å². The van der Waals surface area contributed by atoms with Crippen LogP contribution in [0.1, 0.15) is 148 Å². The van der Waals surface area contributed by atoms with E-state index in [1.807, 2.05) is 33.7 Å². The van der Waals surface area contributed by atoms with Crippen molar-refractivity contribution < 1.29 is 28.6 Å². The third kappa shape index (κ3) is 22.7. The number of benzene rings is 1. The summed E-state index contributed by atoms with van der Waals surface area (Å²) in [5, 5.41) is 0. The minimum Gasteiger partial charge on any atom is -0.465 e. The molecule has 1 saturated heterocycles. The number of carbonyl (C=O) groups is 3. The number of piperidine rings is 1. The molecule has 280 valence electrons. The Labute approximate surface area is 306 Å². The van der Waals surface area contributed by atoms with Crippen molar-refractivity contribution in [3.05, 3.63) is 29.8 Å². The smallest absolute Gasteiger partial charge is 0.311 e. The fraction of sp³-hybridized carbons (Fsp3) is 0.775. The lowest BCUT2D eigenvalue weighted by molar-refractivity contribution is -0.149. The van der Waals surface area contributed by atoms with Gasteiger partial charge in [-0.05, 0) is 94.5 Å². The van der Waals surface area contributed by atoms with Crippen molar-refractivity contribution in [2.24, 2.45) is 5.92 Å². The first kappa shape index (κ1) is 43.5. The van der Waals surface area contributed by atoms with Crippen molar-refractivity contribution in [3.8, 4) is 5.75 Å². The predicted molar refractivity (Wildman–Crippen MR) is 206 cm³/mol. The third-order valence-electron chi connectivity index (χ3n) is 9.26. The second-order valence-electron chi connectivity index (χ2n) is 13.6. The molecule has 1 fully saturated rings. The average molecular weight is 722 g/mol. The van der Waals surface area contributed by atoms with E-state index in [0.29, 0.717) is 31.1 Å². The first-order valence-corrected chi connectivity index (χ1v) is 22.0. The maximum atomic E-state index is 12.4. The van der Waals surface area contributed by atoms with Crippen LogP contribution in [0.5, 0.6) is 5.75 Å². The van der Waals surface area contributed by atoms with Crippen molar-refractivity contribution in [1.82, 2.24) is 4.90 Å². The maximum absolute atomic E-state index is 12.4. The Morgan fingerprint density at radius 3 is 2.06 bits per heavy atom. The van der Waals surface area contributed by atoms with Crippen LogP contribution in [0.25, 0.3) is 0 Å². The molecule has 1 aliphatic rings. The van der Waals surface area contributed by atoms with E-state index in [9.17, 15) is 14.4 Å². The molecule has 0 N–H and O–H groups in total. The number of esters is 3. The molecule has 1 aromatic rings. The number of carbonyl (C=O) groups excluding carboxylic acids is 3. The molecule has 7 nitrogen and oxygen atoms in total. The van der Waals surface area contributed by atoms with Gasteiger partial charge in [-0.2, -0.15) is 0 Å². The van der Waals surface area contributed by atoms with Crippen LogP contribution in [0.3, 0.4) is 0 Å². The van der Waals surface area contributed by atoms with E-state index in [1.165, 1.54) is 69.4 Å². The van der Waals surface area contributed by atoms with E-state index in [0.717, 1.165) is 76.4 Å². The van der Waals surface area contributed by atoms with Gasteiger partial charge in [0.05, 0.1) is 13.0 Å². The van der Waals surface area contributed by atoms with Crippen LogP contribution in [-0.2, 0) is 30.3 Å². The van der Waals surface area contributed by atoms with E-state index in [1.54, 1.807) is 12.1 Å². The van der Waals surface area contributed by atoms with Gasteiger partial charge in [-0.3, -0.25) is 14.4 Å². The van der Waals surface area contributed by atoms with Gasteiger partial charge in [0.25, 0.3) is 0 Å². The van der Waals surface area contributed by atoms with Crippen LogP contribution in [-0.4, -0.2) is 66.7 Å². The Morgan fingerprint density at radius 2 is 1.39 bits per heavy atom. The number of hydrogen-bond donors (Lipinski definition) is 0. The molecule has 49 heavy (non-hydrogen) atoms. The number of unbranched alkanes of at least 4 members (excludes halogenated alkanes) is 9. The van der Waals surface area contributed by atoms with Gasteiger partial charge in [0.15, 0.2) is 0 Å². The average Bonchev–Trinajstić information content (AvgIpc) is 3.10. The Bertz CT molecular complexity index is 999. The first-order valence-electron chi connectivity index (χ1n) is 19.5. The Hall–Kier alpha value is -1.71. The highest BCUT2D eigenvalue weighted by molar-refractivity contribution is 8.76. The number of rotatable bonds is 29. The molecule has 0 aromatic heterocycles. The molecule has 0 amide bonds. The van der Waals surface area contributed by atoms with Gasteiger partial charge in [-0.15, -0.1) is 0 Å². The van der Waals surface area contributed by atoms with Crippen molar-refractivity contribution in [3.63, 3.8) is 0 Å². The molecule has 0 saturated carbocycles.